The van der Waals surface area contributed by atoms with Gasteiger partial charge in [0.2, 0.25) is 0 Å². The fourth-order valence-electron chi connectivity index (χ4n) is 2.56. The normalized spacial score (nSPS) is 22.1. The maximum atomic E-state index is 12.7. The SMILES string of the molecule is N#C[C@@H]1CCCC1C(=O)CNCc1ccc(F)cc1. The fraction of sp³-hybridized carbons (Fsp3) is 0.467. The number of carbonyl (C=O) groups excluding carboxylic acids is 1. The van der Waals surface area contributed by atoms with Crippen LogP contribution in [0.2, 0.25) is 0 Å². The van der Waals surface area contributed by atoms with E-state index in [1.54, 1.807) is 12.1 Å². The molecule has 1 aromatic rings. The van der Waals surface area contributed by atoms with Gasteiger partial charge in [0.05, 0.1) is 18.5 Å². The molecule has 0 aliphatic heterocycles. The summed E-state index contributed by atoms with van der Waals surface area (Å²) >= 11 is 0. The van der Waals surface area contributed by atoms with Gasteiger partial charge in [-0.25, -0.2) is 4.39 Å². The number of benzene rings is 1. The Kier molecular flexibility index (Phi) is 4.64. The van der Waals surface area contributed by atoms with Crippen LogP contribution in [0.5, 0.6) is 0 Å². The maximum Gasteiger partial charge on any atom is 0.150 e. The number of nitrogens with zero attached hydrogens (tertiary/aromatic N) is 1. The predicted octanol–water partition coefficient (Wildman–Crippen LogP) is 2.42. The standard InChI is InChI=1S/C15H17FN2O/c16-13-6-4-11(5-7-13)9-18-10-15(19)14-3-1-2-12(14)8-17/h4-7,12,14,18H,1-3,9-10H2/t12-,14?/m0/s1. The summed E-state index contributed by atoms with van der Waals surface area (Å²) in [6.07, 6.45) is 2.63. The third-order valence-corrected chi connectivity index (χ3v) is 3.64. The molecule has 3 nitrogen and oxygen atoms in total. The molecule has 0 bridgehead atoms. The molecule has 1 saturated carbocycles. The second-order valence-electron chi connectivity index (χ2n) is 4.97. The molecule has 0 spiro atoms. The van der Waals surface area contributed by atoms with Crippen LogP contribution in [-0.4, -0.2) is 12.3 Å². The Morgan fingerprint density at radius 1 is 1.37 bits per heavy atom. The number of carbonyl (C=O) groups is 1. The Balaban J connectivity index is 1.78. The van der Waals surface area contributed by atoms with Crippen molar-refractivity contribution < 1.29 is 9.18 Å². The third-order valence-electron chi connectivity index (χ3n) is 3.64. The third kappa shape index (κ3) is 3.62. The Morgan fingerprint density at radius 2 is 2.11 bits per heavy atom. The van der Waals surface area contributed by atoms with Crippen molar-refractivity contribution in [3.63, 3.8) is 0 Å². The Morgan fingerprint density at radius 3 is 2.79 bits per heavy atom. The van der Waals surface area contributed by atoms with Crippen molar-refractivity contribution in [2.75, 3.05) is 6.54 Å². The smallest absolute Gasteiger partial charge is 0.150 e. The summed E-state index contributed by atoms with van der Waals surface area (Å²) in [5.74, 6) is -0.361. The van der Waals surface area contributed by atoms with Gasteiger partial charge in [-0.3, -0.25) is 4.79 Å². The zero-order valence-corrected chi connectivity index (χ0v) is 10.7. The van der Waals surface area contributed by atoms with Crippen LogP contribution in [0.3, 0.4) is 0 Å². The molecule has 1 aliphatic carbocycles. The van der Waals surface area contributed by atoms with Crippen molar-refractivity contribution in [3.05, 3.63) is 35.6 Å². The first-order valence-electron chi connectivity index (χ1n) is 6.58. The Bertz CT molecular complexity index is 478. The van der Waals surface area contributed by atoms with Gasteiger partial charge < -0.3 is 5.32 Å². The number of ketones is 1. The molecule has 0 aromatic heterocycles. The van der Waals surface area contributed by atoms with E-state index in [1.807, 2.05) is 0 Å². The summed E-state index contributed by atoms with van der Waals surface area (Å²) in [6.45, 7) is 0.816. The van der Waals surface area contributed by atoms with Gasteiger partial charge in [-0.2, -0.15) is 5.26 Å². The minimum atomic E-state index is -0.261. The molecule has 2 atom stereocenters. The first-order chi connectivity index (χ1) is 9.20. The topological polar surface area (TPSA) is 52.9 Å². The Labute approximate surface area is 112 Å². The number of nitrogens with one attached hydrogen (secondary N) is 1. The molecule has 1 fully saturated rings. The van der Waals surface area contributed by atoms with Crippen molar-refractivity contribution in [3.8, 4) is 6.07 Å². The molecular formula is C15H17FN2O. The molecule has 100 valence electrons. The van der Waals surface area contributed by atoms with Crippen molar-refractivity contribution in [1.82, 2.24) is 5.32 Å². The lowest BCUT2D eigenvalue weighted by atomic mass is 9.93. The van der Waals surface area contributed by atoms with Crippen molar-refractivity contribution in [2.24, 2.45) is 11.8 Å². The van der Waals surface area contributed by atoms with E-state index in [0.29, 0.717) is 6.54 Å². The van der Waals surface area contributed by atoms with Crippen molar-refractivity contribution in [2.45, 2.75) is 25.8 Å². The van der Waals surface area contributed by atoms with Crippen LogP contribution in [-0.2, 0) is 11.3 Å². The van der Waals surface area contributed by atoms with Crippen LogP contribution in [0.25, 0.3) is 0 Å². The molecule has 1 aliphatic rings. The van der Waals surface area contributed by atoms with Crippen LogP contribution < -0.4 is 5.32 Å². The molecule has 2 rings (SSSR count). The predicted molar refractivity (Wildman–Crippen MR) is 69.6 cm³/mol. The number of halogens is 1. The van der Waals surface area contributed by atoms with E-state index < -0.39 is 0 Å². The first-order valence-corrected chi connectivity index (χ1v) is 6.58. The monoisotopic (exact) mass is 260 g/mol. The van der Waals surface area contributed by atoms with Crippen molar-refractivity contribution in [1.29, 1.82) is 5.26 Å². The lowest BCUT2D eigenvalue weighted by Crippen LogP contribution is -2.29. The van der Waals surface area contributed by atoms with Gasteiger partial charge in [-0.05, 0) is 30.5 Å². The van der Waals surface area contributed by atoms with E-state index >= 15 is 0 Å². The molecule has 0 saturated heterocycles. The van der Waals surface area contributed by atoms with Crippen LogP contribution in [0.15, 0.2) is 24.3 Å². The highest BCUT2D eigenvalue weighted by molar-refractivity contribution is 5.83. The van der Waals surface area contributed by atoms with Gasteiger partial charge in [0.15, 0.2) is 5.78 Å². The molecule has 1 unspecified atom stereocenters. The Hall–Kier alpha value is -1.73. The minimum absolute atomic E-state index is 0.106. The minimum Gasteiger partial charge on any atom is -0.306 e. The molecular weight excluding hydrogens is 243 g/mol. The average molecular weight is 260 g/mol. The largest absolute Gasteiger partial charge is 0.306 e. The van der Waals surface area contributed by atoms with E-state index in [9.17, 15) is 9.18 Å². The van der Waals surface area contributed by atoms with Crippen LogP contribution in [0.1, 0.15) is 24.8 Å². The fourth-order valence-corrected chi connectivity index (χ4v) is 2.56. The number of Topliss-reactive ketones (excluding diaryl/α,β-unsaturated/α-hetero) is 1. The maximum absolute atomic E-state index is 12.7. The second-order valence-corrected chi connectivity index (χ2v) is 4.97. The van der Waals surface area contributed by atoms with E-state index in [-0.39, 0.29) is 30.0 Å². The molecule has 0 heterocycles. The first kappa shape index (κ1) is 13.7. The van der Waals surface area contributed by atoms with Gasteiger partial charge in [0, 0.05) is 12.5 Å². The van der Waals surface area contributed by atoms with Gasteiger partial charge >= 0.3 is 0 Å². The van der Waals surface area contributed by atoms with E-state index in [1.165, 1.54) is 12.1 Å². The summed E-state index contributed by atoms with van der Waals surface area (Å²) in [4.78, 5) is 12.0. The molecule has 1 aromatic carbocycles. The van der Waals surface area contributed by atoms with Gasteiger partial charge in [-0.15, -0.1) is 0 Å². The van der Waals surface area contributed by atoms with Crippen LogP contribution in [0.4, 0.5) is 4.39 Å². The zero-order chi connectivity index (χ0) is 13.7. The number of rotatable bonds is 5. The second kappa shape index (κ2) is 6.44. The number of hydrogen-bond acceptors (Lipinski definition) is 3. The highest BCUT2D eigenvalue weighted by Gasteiger charge is 2.32. The quantitative estimate of drug-likeness (QED) is 0.884. The lowest BCUT2D eigenvalue weighted by Gasteiger charge is -2.12. The highest BCUT2D eigenvalue weighted by atomic mass is 19.1. The number of hydrogen-bond donors (Lipinski definition) is 1. The van der Waals surface area contributed by atoms with E-state index in [2.05, 4.69) is 11.4 Å². The molecule has 1 N–H and O–H groups in total. The lowest BCUT2D eigenvalue weighted by molar-refractivity contribution is -0.122. The van der Waals surface area contributed by atoms with Crippen LogP contribution >= 0.6 is 0 Å². The van der Waals surface area contributed by atoms with E-state index in [4.69, 9.17) is 5.26 Å². The summed E-state index contributed by atoms with van der Waals surface area (Å²) in [5, 5.41) is 12.0. The summed E-state index contributed by atoms with van der Waals surface area (Å²) in [6, 6.07) is 8.42. The number of nitriles is 1. The summed E-state index contributed by atoms with van der Waals surface area (Å²) in [5.41, 5.74) is 0.942. The van der Waals surface area contributed by atoms with E-state index in [0.717, 1.165) is 24.8 Å². The molecule has 0 radical (unpaired) electrons. The summed E-state index contributed by atoms with van der Waals surface area (Å²) in [7, 11) is 0. The summed E-state index contributed by atoms with van der Waals surface area (Å²) < 4.78 is 12.7. The van der Waals surface area contributed by atoms with Gasteiger partial charge in [0.1, 0.15) is 5.82 Å². The van der Waals surface area contributed by atoms with Gasteiger partial charge in [-0.1, -0.05) is 18.6 Å². The average Bonchev–Trinajstić information content (AvgIpc) is 2.89. The molecule has 0 amide bonds. The molecule has 19 heavy (non-hydrogen) atoms. The highest BCUT2D eigenvalue weighted by Crippen LogP contribution is 2.31. The zero-order valence-electron chi connectivity index (χ0n) is 10.7. The molecule has 4 heteroatoms. The van der Waals surface area contributed by atoms with Gasteiger partial charge in [0.25, 0.3) is 0 Å². The van der Waals surface area contributed by atoms with Crippen LogP contribution in [0, 0.1) is 29.0 Å². The van der Waals surface area contributed by atoms with Crippen molar-refractivity contribution >= 4 is 5.78 Å².